The van der Waals surface area contributed by atoms with Crippen LogP contribution in [0.4, 0.5) is 0 Å². The van der Waals surface area contributed by atoms with Crippen molar-refractivity contribution in [2.24, 2.45) is 5.73 Å². The molecule has 0 heterocycles. The van der Waals surface area contributed by atoms with Gasteiger partial charge in [0.2, 0.25) is 0 Å². The predicted molar refractivity (Wildman–Crippen MR) is 115 cm³/mol. The van der Waals surface area contributed by atoms with Crippen LogP contribution in [0.5, 0.6) is 17.2 Å². The van der Waals surface area contributed by atoms with Gasteiger partial charge in [-0.25, -0.2) is 0 Å². The molecule has 0 saturated carbocycles. The van der Waals surface area contributed by atoms with Crippen molar-refractivity contribution >= 4 is 7.60 Å². The third-order valence-corrected chi connectivity index (χ3v) is 4.83. The molecule has 0 aliphatic heterocycles. The average molecular weight is 411 g/mol. The maximum Gasteiger partial charge on any atom is 0.342 e. The second-order valence-electron chi connectivity index (χ2n) is 5.97. The van der Waals surface area contributed by atoms with Crippen molar-refractivity contribution in [2.45, 2.75) is 60.7 Å². The Morgan fingerprint density at radius 1 is 0.964 bits per heavy atom. The molecular weight excluding hydrogens is 377 g/mol. The van der Waals surface area contributed by atoms with Crippen molar-refractivity contribution in [2.75, 3.05) is 0 Å². The van der Waals surface area contributed by atoms with E-state index in [0.29, 0.717) is 17.1 Å². The normalized spacial score (nSPS) is 11.5. The van der Waals surface area contributed by atoms with Crippen molar-refractivity contribution in [3.63, 3.8) is 0 Å². The summed E-state index contributed by atoms with van der Waals surface area (Å²) in [5, 5.41) is 9.57. The van der Waals surface area contributed by atoms with E-state index in [1.54, 1.807) is 25.1 Å². The Labute approximate surface area is 168 Å². The van der Waals surface area contributed by atoms with E-state index in [1.807, 2.05) is 53.7 Å². The number of phenols is 1. The molecule has 0 radical (unpaired) electrons. The van der Waals surface area contributed by atoms with E-state index in [4.69, 9.17) is 20.3 Å². The zero-order chi connectivity index (χ0) is 22.1. The largest absolute Gasteiger partial charge is 0.508 e. The third kappa shape index (κ3) is 7.64. The van der Waals surface area contributed by atoms with E-state index in [9.17, 15) is 9.67 Å². The number of aryl methyl sites for hydroxylation is 3. The van der Waals surface area contributed by atoms with Gasteiger partial charge >= 0.3 is 7.60 Å². The predicted octanol–water partition coefficient (Wildman–Crippen LogP) is 5.17. The highest BCUT2D eigenvalue weighted by molar-refractivity contribution is 7.52. The number of nitrogens with two attached hydrogens (primary N) is 1. The van der Waals surface area contributed by atoms with Crippen molar-refractivity contribution in [3.8, 4) is 17.2 Å². The Kier molecular flexibility index (Phi) is 11.1. The minimum absolute atomic E-state index is 0.0879. The number of hydrogen-bond acceptors (Lipinski definition) is 4. The fourth-order valence-electron chi connectivity index (χ4n) is 2.49. The summed E-state index contributed by atoms with van der Waals surface area (Å²) in [6, 6.07) is 8.61. The minimum atomic E-state index is -4.31. The third-order valence-electron chi connectivity index (χ3n) is 3.79. The highest BCUT2D eigenvalue weighted by atomic mass is 31.2. The van der Waals surface area contributed by atoms with Gasteiger partial charge in [0, 0.05) is 0 Å². The first-order valence-electron chi connectivity index (χ1n) is 9.46. The van der Waals surface area contributed by atoms with Crippen LogP contribution in [0.1, 0.15) is 49.9 Å². The van der Waals surface area contributed by atoms with Gasteiger partial charge in [0.15, 0.2) is 0 Å². The lowest BCUT2D eigenvalue weighted by atomic mass is 10.0. The van der Waals surface area contributed by atoms with E-state index in [2.05, 4.69) is 0 Å². The molecule has 0 aliphatic rings. The van der Waals surface area contributed by atoms with Gasteiger partial charge in [-0.3, -0.25) is 4.57 Å². The van der Waals surface area contributed by atoms with Crippen molar-refractivity contribution < 1.29 is 24.2 Å². The highest BCUT2D eigenvalue weighted by Gasteiger charge is 2.25. The first-order valence-corrected chi connectivity index (χ1v) is 11.1. The standard InChI is InChI=1S/C17H22NO5P.2C2H6/c1-10-8-14(4-5-15(10)19)23-17-11(2)6-13(7-12(17)3)9-16(18)24(20,21)22;2*1-2/h4-8,16,19H,9,18H2,1-3H3,(H2,20,21,22);2*1-2H3. The number of benzene rings is 2. The van der Waals surface area contributed by atoms with Crippen LogP contribution in [0.3, 0.4) is 0 Å². The Morgan fingerprint density at radius 2 is 1.46 bits per heavy atom. The SMILES string of the molecule is CC.CC.Cc1cc(Oc2c(C)cc(CC(N)P(=O)(O)O)cc2C)ccc1O. The molecule has 2 aromatic carbocycles. The molecule has 0 fully saturated rings. The van der Waals surface area contributed by atoms with Crippen LogP contribution in [0, 0.1) is 20.8 Å². The molecule has 0 spiro atoms. The van der Waals surface area contributed by atoms with Gasteiger partial charge < -0.3 is 25.4 Å². The fraction of sp³-hybridized carbons (Fsp3) is 0.429. The Bertz CT molecular complexity index is 778. The van der Waals surface area contributed by atoms with Gasteiger partial charge in [-0.15, -0.1) is 0 Å². The number of hydrogen-bond donors (Lipinski definition) is 4. The Hall–Kier alpha value is -1.85. The highest BCUT2D eigenvalue weighted by Crippen LogP contribution is 2.40. The summed E-state index contributed by atoms with van der Waals surface area (Å²) in [4.78, 5) is 18.2. The lowest BCUT2D eigenvalue weighted by Gasteiger charge is -2.17. The minimum Gasteiger partial charge on any atom is -0.508 e. The molecular formula is C21H34NO5P. The Morgan fingerprint density at radius 3 is 1.89 bits per heavy atom. The maximum absolute atomic E-state index is 11.2. The van der Waals surface area contributed by atoms with Gasteiger partial charge in [0.1, 0.15) is 23.0 Å². The van der Waals surface area contributed by atoms with Crippen LogP contribution in [0.15, 0.2) is 30.3 Å². The summed E-state index contributed by atoms with van der Waals surface area (Å²) in [7, 11) is -4.31. The summed E-state index contributed by atoms with van der Waals surface area (Å²) >= 11 is 0. The number of ether oxygens (including phenoxy) is 1. The molecule has 0 aliphatic carbocycles. The van der Waals surface area contributed by atoms with E-state index >= 15 is 0 Å². The summed E-state index contributed by atoms with van der Waals surface area (Å²) in [6.45, 7) is 13.5. The summed E-state index contributed by atoms with van der Waals surface area (Å²) in [5.74, 6) is 0.269. The molecule has 0 bridgehead atoms. The molecule has 2 rings (SSSR count). The summed E-state index contributed by atoms with van der Waals surface area (Å²) in [6.07, 6.45) is 0.0879. The summed E-state index contributed by atoms with van der Waals surface area (Å²) in [5.41, 5.74) is 8.70. The maximum atomic E-state index is 11.2. The molecule has 0 aromatic heterocycles. The van der Waals surface area contributed by atoms with Gasteiger partial charge in [-0.1, -0.05) is 39.8 Å². The van der Waals surface area contributed by atoms with Gasteiger partial charge in [-0.05, 0) is 67.6 Å². The van der Waals surface area contributed by atoms with E-state index in [0.717, 1.165) is 16.7 Å². The topological polar surface area (TPSA) is 113 Å². The van der Waals surface area contributed by atoms with Crippen LogP contribution < -0.4 is 10.5 Å². The van der Waals surface area contributed by atoms with Crippen LogP contribution >= 0.6 is 7.60 Å². The smallest absolute Gasteiger partial charge is 0.342 e. The quantitative estimate of drug-likeness (QED) is 0.505. The first kappa shape index (κ1) is 26.1. The number of aromatic hydroxyl groups is 1. The number of rotatable bonds is 5. The van der Waals surface area contributed by atoms with Gasteiger partial charge in [0.25, 0.3) is 0 Å². The van der Waals surface area contributed by atoms with Crippen LogP contribution in [0.2, 0.25) is 0 Å². The van der Waals surface area contributed by atoms with E-state index in [1.165, 1.54) is 0 Å². The van der Waals surface area contributed by atoms with Crippen molar-refractivity contribution in [3.05, 3.63) is 52.6 Å². The monoisotopic (exact) mass is 411 g/mol. The zero-order valence-electron chi connectivity index (χ0n) is 17.9. The van der Waals surface area contributed by atoms with Crippen molar-refractivity contribution in [1.82, 2.24) is 0 Å². The molecule has 6 nitrogen and oxygen atoms in total. The first-order chi connectivity index (χ1) is 13.1. The second kappa shape index (κ2) is 11.9. The van der Waals surface area contributed by atoms with Crippen molar-refractivity contribution in [1.29, 1.82) is 0 Å². The lowest BCUT2D eigenvalue weighted by Crippen LogP contribution is -2.22. The average Bonchev–Trinajstić information content (AvgIpc) is 2.64. The molecule has 5 N–H and O–H groups in total. The van der Waals surface area contributed by atoms with Crippen LogP contribution in [0.25, 0.3) is 0 Å². The molecule has 1 atom stereocenters. The van der Waals surface area contributed by atoms with E-state index < -0.39 is 13.4 Å². The van der Waals surface area contributed by atoms with Crippen LogP contribution in [-0.2, 0) is 11.0 Å². The fourth-order valence-corrected chi connectivity index (χ4v) is 2.94. The molecule has 28 heavy (non-hydrogen) atoms. The molecule has 7 heteroatoms. The van der Waals surface area contributed by atoms with Gasteiger partial charge in [0.05, 0.1) is 0 Å². The molecule has 1 unspecified atom stereocenters. The number of phenolic OH excluding ortho intramolecular Hbond substituents is 1. The Balaban J connectivity index is 0.00000171. The molecule has 158 valence electrons. The van der Waals surface area contributed by atoms with Crippen LogP contribution in [-0.4, -0.2) is 20.7 Å². The molecule has 0 saturated heterocycles. The second-order valence-corrected chi connectivity index (χ2v) is 7.81. The zero-order valence-corrected chi connectivity index (χ0v) is 18.7. The molecule has 2 aromatic rings. The lowest BCUT2D eigenvalue weighted by molar-refractivity contribution is 0.358. The van der Waals surface area contributed by atoms with Gasteiger partial charge in [-0.2, -0.15) is 0 Å². The molecule has 0 amide bonds. The van der Waals surface area contributed by atoms with E-state index in [-0.39, 0.29) is 12.2 Å². The summed E-state index contributed by atoms with van der Waals surface area (Å²) < 4.78 is 17.1.